The van der Waals surface area contributed by atoms with E-state index in [4.69, 9.17) is 33.1 Å². The molecule has 0 spiro atoms. The SMILES string of the molecule is CC(C)CC(N)C(=O)NC(C(=O)NC(CCCCC(=N)N)C(=O)NCC(=O)NC(CCCCC(=N)N)C(=O)NCC(=O)O)C(C)C. The van der Waals surface area contributed by atoms with Crippen molar-refractivity contribution in [2.45, 2.75) is 110 Å². The number of carboxylic acid groups (broad SMARTS) is 1. The van der Waals surface area contributed by atoms with Gasteiger partial charge in [-0.3, -0.25) is 39.6 Å². The highest BCUT2D eigenvalue weighted by Crippen LogP contribution is 2.09. The maximum absolute atomic E-state index is 13.3. The van der Waals surface area contributed by atoms with E-state index in [0.717, 1.165) is 0 Å². The van der Waals surface area contributed by atoms with Crippen molar-refractivity contribution >= 4 is 47.2 Å². The van der Waals surface area contributed by atoms with Crippen molar-refractivity contribution in [3.63, 3.8) is 0 Å². The summed E-state index contributed by atoms with van der Waals surface area (Å²) >= 11 is 0. The Morgan fingerprint density at radius 1 is 0.674 bits per heavy atom. The van der Waals surface area contributed by atoms with Crippen LogP contribution in [0.5, 0.6) is 0 Å². The molecule has 0 aromatic carbocycles. The third kappa shape index (κ3) is 19.2. The summed E-state index contributed by atoms with van der Waals surface area (Å²) in [7, 11) is 0. The lowest BCUT2D eigenvalue weighted by molar-refractivity contribution is -0.138. The van der Waals surface area contributed by atoms with E-state index in [2.05, 4.69) is 26.6 Å². The highest BCUT2D eigenvalue weighted by molar-refractivity contribution is 5.95. The zero-order valence-corrected chi connectivity index (χ0v) is 27.4. The van der Waals surface area contributed by atoms with E-state index in [-0.39, 0.29) is 36.3 Å². The molecule has 0 rings (SSSR count). The van der Waals surface area contributed by atoms with Crippen molar-refractivity contribution < 1.29 is 33.9 Å². The van der Waals surface area contributed by atoms with E-state index in [1.807, 2.05) is 13.8 Å². The Morgan fingerprint density at radius 2 is 1.15 bits per heavy atom. The summed E-state index contributed by atoms with van der Waals surface area (Å²) in [6.45, 7) is 6.09. The highest BCUT2D eigenvalue weighted by atomic mass is 16.4. The largest absolute Gasteiger partial charge is 0.480 e. The summed E-state index contributed by atoms with van der Waals surface area (Å²) in [5.41, 5.74) is 16.7. The molecule has 0 radical (unpaired) electrons. The number of hydrogen-bond donors (Lipinski definition) is 11. The molecule has 5 amide bonds. The minimum atomic E-state index is -1.27. The second kappa shape index (κ2) is 22.3. The Labute approximate surface area is 270 Å². The average molecular weight is 655 g/mol. The monoisotopic (exact) mass is 654 g/mol. The van der Waals surface area contributed by atoms with Crippen LogP contribution >= 0.6 is 0 Å². The lowest BCUT2D eigenvalue weighted by Gasteiger charge is -2.26. The van der Waals surface area contributed by atoms with Crippen LogP contribution in [0.3, 0.4) is 0 Å². The van der Waals surface area contributed by atoms with Crippen LogP contribution in [0.25, 0.3) is 0 Å². The lowest BCUT2D eigenvalue weighted by atomic mass is 9.99. The zero-order chi connectivity index (χ0) is 35.4. The van der Waals surface area contributed by atoms with E-state index in [1.165, 1.54) is 0 Å². The molecular weight excluding hydrogens is 600 g/mol. The fraction of sp³-hybridized carbons (Fsp3) is 0.724. The van der Waals surface area contributed by atoms with E-state index < -0.39 is 72.8 Å². The van der Waals surface area contributed by atoms with Gasteiger partial charge in [-0.2, -0.15) is 0 Å². The Bertz CT molecular complexity index is 1070. The van der Waals surface area contributed by atoms with Crippen LogP contribution in [-0.2, 0) is 28.8 Å². The minimum Gasteiger partial charge on any atom is -0.480 e. The predicted octanol–water partition coefficient (Wildman–Crippen LogP) is -1.22. The quantitative estimate of drug-likeness (QED) is 0.0335. The number of aliphatic carboxylic acids is 1. The predicted molar refractivity (Wildman–Crippen MR) is 172 cm³/mol. The molecule has 17 nitrogen and oxygen atoms in total. The molecule has 0 aliphatic rings. The van der Waals surface area contributed by atoms with Crippen LogP contribution < -0.4 is 43.8 Å². The number of unbranched alkanes of at least 4 members (excludes halogenated alkanes) is 2. The van der Waals surface area contributed by atoms with E-state index in [9.17, 15) is 28.8 Å². The third-order valence-corrected chi connectivity index (χ3v) is 6.81. The number of nitrogens with one attached hydrogen (secondary N) is 7. The summed E-state index contributed by atoms with van der Waals surface area (Å²) < 4.78 is 0. The van der Waals surface area contributed by atoms with Crippen molar-refractivity contribution in [1.29, 1.82) is 10.8 Å². The van der Waals surface area contributed by atoms with Crippen LogP contribution in [0.1, 0.15) is 85.5 Å². The Hall–Kier alpha value is -4.28. The lowest BCUT2D eigenvalue weighted by Crippen LogP contribution is -2.58. The third-order valence-electron chi connectivity index (χ3n) is 6.81. The molecule has 0 aromatic rings. The molecule has 46 heavy (non-hydrogen) atoms. The number of carbonyl (C=O) groups excluding carboxylic acids is 5. The Kier molecular flexibility index (Phi) is 20.2. The zero-order valence-electron chi connectivity index (χ0n) is 27.4. The average Bonchev–Trinajstić information content (AvgIpc) is 2.95. The summed E-state index contributed by atoms with van der Waals surface area (Å²) in [5.74, 6) is -4.76. The Morgan fingerprint density at radius 3 is 1.59 bits per heavy atom. The normalized spacial score (nSPS) is 13.5. The van der Waals surface area contributed by atoms with Crippen LogP contribution in [0, 0.1) is 22.7 Å². The standard InChI is InChI=1S/C29H54N10O7/c1-16(2)13-18(30)26(43)39-25(17(3)4)29(46)38-20(10-6-8-12-22(33)34)28(45)35-14-23(40)37-19(9-5-7-11-21(31)32)27(44)36-15-24(41)42/h16-20,25H,5-15,30H2,1-4H3,(H3,31,32)(H3,33,34)(H,35,45)(H,36,44)(H,37,40)(H,38,46)(H,39,43)(H,41,42). The molecule has 4 atom stereocenters. The van der Waals surface area contributed by atoms with Crippen molar-refractivity contribution in [2.75, 3.05) is 13.1 Å². The fourth-order valence-corrected chi connectivity index (χ4v) is 4.36. The second-order valence-electron chi connectivity index (χ2n) is 12.0. The van der Waals surface area contributed by atoms with Gasteiger partial charge in [0.2, 0.25) is 29.5 Å². The van der Waals surface area contributed by atoms with Gasteiger partial charge in [-0.15, -0.1) is 0 Å². The minimum absolute atomic E-state index is 0.0229. The number of carboxylic acids is 1. The van der Waals surface area contributed by atoms with Gasteiger partial charge < -0.3 is 48.9 Å². The maximum Gasteiger partial charge on any atom is 0.322 e. The number of rotatable bonds is 24. The smallest absolute Gasteiger partial charge is 0.322 e. The topological polar surface area (TPSA) is 309 Å². The van der Waals surface area contributed by atoms with Crippen LogP contribution in [0.15, 0.2) is 0 Å². The van der Waals surface area contributed by atoms with Gasteiger partial charge in [-0.25, -0.2) is 0 Å². The van der Waals surface area contributed by atoms with Gasteiger partial charge in [0, 0.05) is 12.8 Å². The van der Waals surface area contributed by atoms with Crippen molar-refractivity contribution in [3.8, 4) is 0 Å². The molecule has 0 fully saturated rings. The van der Waals surface area contributed by atoms with Gasteiger partial charge in [0.1, 0.15) is 24.7 Å². The number of carbonyl (C=O) groups is 6. The van der Waals surface area contributed by atoms with Gasteiger partial charge in [-0.1, -0.05) is 40.5 Å². The van der Waals surface area contributed by atoms with Crippen molar-refractivity contribution in [1.82, 2.24) is 26.6 Å². The molecule has 17 heteroatoms. The van der Waals surface area contributed by atoms with Crippen LogP contribution in [0.4, 0.5) is 0 Å². The molecule has 0 bridgehead atoms. The molecule has 0 saturated heterocycles. The molecule has 0 aliphatic carbocycles. The molecule has 0 saturated carbocycles. The first kappa shape index (κ1) is 41.7. The van der Waals surface area contributed by atoms with Gasteiger partial charge >= 0.3 is 5.97 Å². The van der Waals surface area contributed by atoms with Crippen molar-refractivity contribution in [2.24, 2.45) is 29.0 Å². The van der Waals surface area contributed by atoms with E-state index in [1.54, 1.807) is 13.8 Å². The number of hydrogen-bond acceptors (Lipinski definition) is 9. The number of amidine groups is 2. The highest BCUT2D eigenvalue weighted by Gasteiger charge is 2.30. The van der Waals surface area contributed by atoms with E-state index in [0.29, 0.717) is 44.9 Å². The van der Waals surface area contributed by atoms with Gasteiger partial charge in [0.15, 0.2) is 0 Å². The van der Waals surface area contributed by atoms with Gasteiger partial charge in [0.25, 0.3) is 0 Å². The molecule has 0 aromatic heterocycles. The van der Waals surface area contributed by atoms with E-state index >= 15 is 0 Å². The number of nitrogens with two attached hydrogens (primary N) is 3. The molecule has 262 valence electrons. The molecule has 14 N–H and O–H groups in total. The summed E-state index contributed by atoms with van der Waals surface area (Å²) in [5, 5.41) is 36.0. The van der Waals surface area contributed by atoms with Crippen molar-refractivity contribution in [3.05, 3.63) is 0 Å². The van der Waals surface area contributed by atoms with Crippen LogP contribution in [0.2, 0.25) is 0 Å². The molecule has 0 aliphatic heterocycles. The number of amides is 5. The summed E-state index contributed by atoms with van der Waals surface area (Å²) in [6.07, 6.45) is 3.04. The first-order valence-corrected chi connectivity index (χ1v) is 15.5. The van der Waals surface area contributed by atoms with Gasteiger partial charge in [-0.05, 0) is 43.9 Å². The fourth-order valence-electron chi connectivity index (χ4n) is 4.36. The van der Waals surface area contributed by atoms with Crippen LogP contribution in [-0.4, -0.2) is 89.5 Å². The first-order valence-electron chi connectivity index (χ1n) is 15.5. The molecular formula is C29H54N10O7. The maximum atomic E-state index is 13.3. The molecule has 0 heterocycles. The Balaban J connectivity index is 5.55. The summed E-state index contributed by atoms with van der Waals surface area (Å²) in [6, 6.07) is -4.01. The van der Waals surface area contributed by atoms with Gasteiger partial charge in [0.05, 0.1) is 24.3 Å². The summed E-state index contributed by atoms with van der Waals surface area (Å²) in [4.78, 5) is 75.2. The second-order valence-corrected chi connectivity index (χ2v) is 12.0. The molecule has 4 unspecified atom stereocenters. The first-order chi connectivity index (χ1) is 21.4.